The summed E-state index contributed by atoms with van der Waals surface area (Å²) in [5, 5.41) is 3.41. The van der Waals surface area contributed by atoms with Crippen LogP contribution in [-0.2, 0) is 19.6 Å². The summed E-state index contributed by atoms with van der Waals surface area (Å²) in [6, 6.07) is 5.99. The lowest BCUT2D eigenvalue weighted by Crippen LogP contribution is -2.12. The van der Waals surface area contributed by atoms with Crippen LogP contribution in [0.4, 0.5) is 0 Å². The van der Waals surface area contributed by atoms with E-state index in [9.17, 15) is 8.42 Å². The molecule has 0 saturated heterocycles. The lowest BCUT2D eigenvalue weighted by Gasteiger charge is -2.01. The second kappa shape index (κ2) is 12.8. The molecule has 9 nitrogen and oxygen atoms in total. The number of rotatable bonds is 9. The zero-order chi connectivity index (χ0) is 17.6. The average molecular weight is 347 g/mol. The van der Waals surface area contributed by atoms with E-state index in [0.717, 1.165) is 5.56 Å². The van der Waals surface area contributed by atoms with Gasteiger partial charge in [-0.05, 0) is 19.1 Å². The Bertz CT molecular complexity index is 571. The van der Waals surface area contributed by atoms with E-state index in [2.05, 4.69) is 10.0 Å². The Balaban J connectivity index is 0.000000422. The SMILES string of the molecule is Cc1ccc(S(=O)(=O)O)cc1.N=[N+]=NCCOCCOCCN. The molecule has 1 aromatic rings. The molecule has 0 unspecified atom stereocenters. The van der Waals surface area contributed by atoms with Gasteiger partial charge in [-0.15, -0.1) is 0 Å². The van der Waals surface area contributed by atoms with Crippen LogP contribution in [0.25, 0.3) is 0 Å². The third kappa shape index (κ3) is 12.5. The van der Waals surface area contributed by atoms with Crippen molar-refractivity contribution in [2.75, 3.05) is 39.5 Å². The van der Waals surface area contributed by atoms with E-state index in [1.54, 1.807) is 12.1 Å². The predicted octanol–water partition coefficient (Wildman–Crippen LogP) is 0.770. The Morgan fingerprint density at radius 1 is 1.17 bits per heavy atom. The lowest BCUT2D eigenvalue weighted by molar-refractivity contribution is 0.0535. The molecule has 0 aliphatic rings. The summed E-state index contributed by atoms with van der Waals surface area (Å²) in [6.07, 6.45) is 0. The summed E-state index contributed by atoms with van der Waals surface area (Å²) in [7, 11) is -4.02. The van der Waals surface area contributed by atoms with Crippen LogP contribution in [0.1, 0.15) is 5.56 Å². The molecule has 0 atom stereocenters. The van der Waals surface area contributed by atoms with Gasteiger partial charge in [0.1, 0.15) is 17.2 Å². The van der Waals surface area contributed by atoms with E-state index < -0.39 is 10.1 Å². The first-order chi connectivity index (χ1) is 10.9. The van der Waals surface area contributed by atoms with Crippen LogP contribution in [0.15, 0.2) is 34.3 Å². The second-order valence-electron chi connectivity index (χ2n) is 4.27. The summed E-state index contributed by atoms with van der Waals surface area (Å²) >= 11 is 0. The van der Waals surface area contributed by atoms with Crippen molar-refractivity contribution in [3.63, 3.8) is 0 Å². The third-order valence-corrected chi connectivity index (χ3v) is 3.23. The lowest BCUT2D eigenvalue weighted by atomic mass is 10.2. The Morgan fingerprint density at radius 3 is 2.22 bits per heavy atom. The summed E-state index contributed by atoms with van der Waals surface area (Å²) in [5.74, 6) is 0. The van der Waals surface area contributed by atoms with Gasteiger partial charge in [0.15, 0.2) is 0 Å². The Labute approximate surface area is 135 Å². The molecule has 0 aliphatic carbocycles. The zero-order valence-electron chi connectivity index (χ0n) is 13.0. The van der Waals surface area contributed by atoms with Crippen LogP contribution in [0.5, 0.6) is 0 Å². The fraction of sp³-hybridized carbons (Fsp3) is 0.538. The molecule has 0 aliphatic heterocycles. The Morgan fingerprint density at radius 2 is 1.74 bits per heavy atom. The van der Waals surface area contributed by atoms with Gasteiger partial charge >= 0.3 is 0 Å². The summed E-state index contributed by atoms with van der Waals surface area (Å²) in [4.78, 5) is 2.76. The second-order valence-corrected chi connectivity index (χ2v) is 5.69. The molecule has 10 heteroatoms. The van der Waals surface area contributed by atoms with Gasteiger partial charge in [-0.25, -0.2) is 0 Å². The van der Waals surface area contributed by atoms with Gasteiger partial charge in [-0.2, -0.15) is 8.42 Å². The summed E-state index contributed by atoms with van der Waals surface area (Å²) < 4.78 is 39.7. The average Bonchev–Trinajstić information content (AvgIpc) is 2.50. The largest absolute Gasteiger partial charge is 0.378 e. The van der Waals surface area contributed by atoms with Crippen LogP contribution in [0.3, 0.4) is 0 Å². The highest BCUT2D eigenvalue weighted by Crippen LogP contribution is 2.08. The number of nitrogens with one attached hydrogen (secondary N) is 1. The van der Waals surface area contributed by atoms with Gasteiger partial charge in [0, 0.05) is 6.54 Å². The first-order valence-corrected chi connectivity index (χ1v) is 8.28. The molecule has 4 N–H and O–H groups in total. The van der Waals surface area contributed by atoms with Gasteiger partial charge in [0.2, 0.25) is 4.91 Å². The van der Waals surface area contributed by atoms with Crippen molar-refractivity contribution < 1.29 is 22.4 Å². The third-order valence-electron chi connectivity index (χ3n) is 2.36. The normalized spacial score (nSPS) is 10.4. The maximum absolute atomic E-state index is 10.5. The molecule has 23 heavy (non-hydrogen) atoms. The number of benzene rings is 1. The van der Waals surface area contributed by atoms with E-state index in [1.165, 1.54) is 12.1 Å². The molecule has 0 radical (unpaired) electrons. The monoisotopic (exact) mass is 347 g/mol. The molecule has 1 rings (SSSR count). The molecule has 0 spiro atoms. The molecule has 1 aromatic carbocycles. The van der Waals surface area contributed by atoms with Crippen LogP contribution in [0, 0.1) is 12.5 Å². The molecule has 0 amide bonds. The number of aryl methyl sites for hydroxylation is 1. The van der Waals surface area contributed by atoms with Gasteiger partial charge in [0.25, 0.3) is 10.1 Å². The minimum absolute atomic E-state index is 0.0666. The molecule has 0 aromatic heterocycles. The van der Waals surface area contributed by atoms with Crippen molar-refractivity contribution in [2.24, 2.45) is 10.8 Å². The number of ether oxygens (including phenoxy) is 2. The van der Waals surface area contributed by atoms with E-state index in [0.29, 0.717) is 39.5 Å². The molecule has 0 saturated carbocycles. The van der Waals surface area contributed by atoms with Gasteiger partial charge < -0.3 is 15.2 Å². The number of nitrogens with zero attached hydrogens (tertiary/aromatic N) is 2. The highest BCUT2D eigenvalue weighted by molar-refractivity contribution is 7.85. The fourth-order valence-electron chi connectivity index (χ4n) is 1.27. The Hall–Kier alpha value is -1.68. The number of nitrogens with two attached hydrogens (primary N) is 1. The molecular formula is C13H23N4O5S+. The van der Waals surface area contributed by atoms with E-state index in [-0.39, 0.29) is 4.90 Å². The first kappa shape index (κ1) is 21.3. The maximum atomic E-state index is 10.5. The van der Waals surface area contributed by atoms with Crippen molar-refractivity contribution in [2.45, 2.75) is 11.8 Å². The van der Waals surface area contributed by atoms with Crippen molar-refractivity contribution in [1.29, 1.82) is 5.53 Å². The first-order valence-electron chi connectivity index (χ1n) is 6.84. The minimum atomic E-state index is -4.02. The van der Waals surface area contributed by atoms with Gasteiger partial charge in [0.05, 0.1) is 31.3 Å². The predicted molar refractivity (Wildman–Crippen MR) is 83.8 cm³/mol. The fourth-order valence-corrected chi connectivity index (χ4v) is 1.75. The quantitative estimate of drug-likeness (QED) is 0.260. The van der Waals surface area contributed by atoms with E-state index in [1.807, 2.05) is 6.92 Å². The number of hydrogen-bond acceptors (Lipinski definition) is 7. The van der Waals surface area contributed by atoms with Crippen LogP contribution in [-0.4, -0.2) is 52.5 Å². The summed E-state index contributed by atoms with van der Waals surface area (Å²) in [6.45, 7) is 4.94. The molecule has 0 heterocycles. The highest BCUT2D eigenvalue weighted by atomic mass is 32.2. The van der Waals surface area contributed by atoms with Crippen molar-refractivity contribution in [1.82, 2.24) is 4.91 Å². The molecular weight excluding hydrogens is 324 g/mol. The van der Waals surface area contributed by atoms with Gasteiger partial charge in [-0.1, -0.05) is 17.7 Å². The van der Waals surface area contributed by atoms with Crippen LogP contribution < -0.4 is 10.6 Å². The number of hydrogen-bond donors (Lipinski definition) is 3. The minimum Gasteiger partial charge on any atom is -0.378 e. The standard InChI is InChI=1S/C7H8O3S.C6H15N4O2/c1-6-2-4-7(5-3-6)11(8,9)10;7-1-3-11-5-6-12-4-2-9-10-8/h2-5H,1H3,(H,8,9,10);8H,1-7H2/q;+1. The molecule has 0 bridgehead atoms. The van der Waals surface area contributed by atoms with Crippen molar-refractivity contribution in [3.05, 3.63) is 29.8 Å². The topological polar surface area (TPSA) is 149 Å². The smallest absolute Gasteiger partial charge is 0.294 e. The highest BCUT2D eigenvalue weighted by Gasteiger charge is 2.06. The molecule has 130 valence electrons. The van der Waals surface area contributed by atoms with Gasteiger partial charge in [-0.3, -0.25) is 4.55 Å². The van der Waals surface area contributed by atoms with Crippen LogP contribution in [0.2, 0.25) is 0 Å². The van der Waals surface area contributed by atoms with Crippen molar-refractivity contribution in [3.8, 4) is 0 Å². The zero-order valence-corrected chi connectivity index (χ0v) is 13.8. The van der Waals surface area contributed by atoms with Crippen LogP contribution >= 0.6 is 0 Å². The van der Waals surface area contributed by atoms with E-state index >= 15 is 0 Å². The summed E-state index contributed by atoms with van der Waals surface area (Å²) in [5.41, 5.74) is 12.5. The maximum Gasteiger partial charge on any atom is 0.294 e. The van der Waals surface area contributed by atoms with Crippen molar-refractivity contribution >= 4 is 10.1 Å². The molecule has 0 fully saturated rings. The Kier molecular flexibility index (Phi) is 11.9. The van der Waals surface area contributed by atoms with E-state index in [4.69, 9.17) is 25.3 Å².